The maximum absolute atomic E-state index is 5.49. The van der Waals surface area contributed by atoms with Gasteiger partial charge in [-0.1, -0.05) is 0 Å². The fraction of sp³-hybridized carbons (Fsp3) is 0.111. The number of anilines is 2. The summed E-state index contributed by atoms with van der Waals surface area (Å²) in [5.74, 6) is 1.01. The topological polar surface area (TPSA) is 89.6 Å². The second kappa shape index (κ2) is 4.32. The fourth-order valence-electron chi connectivity index (χ4n) is 1.08. The van der Waals surface area contributed by atoms with Crippen LogP contribution in [0.4, 0.5) is 11.6 Å². The van der Waals surface area contributed by atoms with E-state index in [2.05, 4.69) is 25.5 Å². The highest BCUT2D eigenvalue weighted by molar-refractivity contribution is 5.38. The van der Waals surface area contributed by atoms with Gasteiger partial charge in [-0.25, -0.2) is 4.98 Å². The molecule has 0 aliphatic heterocycles. The molecule has 0 saturated carbocycles. The van der Waals surface area contributed by atoms with Crippen LogP contribution < -0.4 is 11.1 Å². The van der Waals surface area contributed by atoms with E-state index < -0.39 is 0 Å². The first-order chi connectivity index (χ1) is 7.34. The summed E-state index contributed by atoms with van der Waals surface area (Å²) in [7, 11) is 0. The molecule has 0 atom stereocenters. The van der Waals surface area contributed by atoms with Gasteiger partial charge in [-0.2, -0.15) is 10.2 Å². The van der Waals surface area contributed by atoms with Gasteiger partial charge in [0.2, 0.25) is 0 Å². The van der Waals surface area contributed by atoms with Crippen LogP contribution in [-0.4, -0.2) is 20.2 Å². The van der Waals surface area contributed by atoms with Gasteiger partial charge in [-0.15, -0.1) is 0 Å². The number of nitrogens with zero attached hydrogens (tertiary/aromatic N) is 4. The van der Waals surface area contributed by atoms with Gasteiger partial charge in [-0.3, -0.25) is 4.98 Å². The van der Waals surface area contributed by atoms with Crippen LogP contribution in [0, 0.1) is 0 Å². The van der Waals surface area contributed by atoms with Crippen molar-refractivity contribution in [1.29, 1.82) is 0 Å². The lowest BCUT2D eigenvalue weighted by molar-refractivity contribution is 0.919. The van der Waals surface area contributed by atoms with Crippen molar-refractivity contribution in [2.24, 2.45) is 0 Å². The number of nitrogen functional groups attached to an aromatic ring is 1. The molecule has 0 radical (unpaired) electrons. The van der Waals surface area contributed by atoms with Crippen molar-refractivity contribution in [3.05, 3.63) is 36.4 Å². The molecule has 0 amide bonds. The summed E-state index contributed by atoms with van der Waals surface area (Å²) in [6.45, 7) is 0.548. The highest BCUT2D eigenvalue weighted by Gasteiger charge is 1.96. The van der Waals surface area contributed by atoms with Gasteiger partial charge < -0.3 is 11.1 Å². The van der Waals surface area contributed by atoms with E-state index in [4.69, 9.17) is 5.73 Å². The largest absolute Gasteiger partial charge is 0.382 e. The number of hydrogen-bond donors (Lipinski definition) is 2. The first-order valence-electron chi connectivity index (χ1n) is 4.42. The fourth-order valence-corrected chi connectivity index (χ4v) is 1.08. The highest BCUT2D eigenvalue weighted by Crippen LogP contribution is 2.04. The Bertz CT molecular complexity index is 430. The Morgan fingerprint density at radius 2 is 2.27 bits per heavy atom. The Hall–Kier alpha value is -2.24. The summed E-state index contributed by atoms with van der Waals surface area (Å²) in [6, 6.07) is 3.70. The molecular weight excluding hydrogens is 192 g/mol. The van der Waals surface area contributed by atoms with Crippen LogP contribution in [0.3, 0.4) is 0 Å². The summed E-state index contributed by atoms with van der Waals surface area (Å²) in [5, 5.41) is 10.7. The maximum Gasteiger partial charge on any atom is 0.147 e. The van der Waals surface area contributed by atoms with Crippen molar-refractivity contribution in [2.75, 3.05) is 11.1 Å². The van der Waals surface area contributed by atoms with Gasteiger partial charge >= 0.3 is 0 Å². The minimum Gasteiger partial charge on any atom is -0.382 e. The van der Waals surface area contributed by atoms with Gasteiger partial charge in [0.15, 0.2) is 0 Å². The van der Waals surface area contributed by atoms with Crippen LogP contribution in [0.25, 0.3) is 0 Å². The molecule has 2 aromatic rings. The quantitative estimate of drug-likeness (QED) is 0.751. The van der Waals surface area contributed by atoms with Crippen molar-refractivity contribution >= 4 is 11.6 Å². The lowest BCUT2D eigenvalue weighted by Crippen LogP contribution is -2.05. The van der Waals surface area contributed by atoms with E-state index in [1.807, 2.05) is 12.1 Å². The molecule has 0 aliphatic carbocycles. The van der Waals surface area contributed by atoms with Crippen molar-refractivity contribution in [3.8, 4) is 0 Å². The molecule has 6 nitrogen and oxygen atoms in total. The zero-order valence-corrected chi connectivity index (χ0v) is 7.96. The minimum atomic E-state index is 0.388. The molecule has 0 fully saturated rings. The number of hydrogen-bond acceptors (Lipinski definition) is 6. The zero-order valence-electron chi connectivity index (χ0n) is 7.96. The molecule has 3 N–H and O–H groups in total. The Balaban J connectivity index is 1.99. The second-order valence-electron chi connectivity index (χ2n) is 2.90. The van der Waals surface area contributed by atoms with Crippen molar-refractivity contribution in [2.45, 2.75) is 6.54 Å². The highest BCUT2D eigenvalue weighted by atomic mass is 15.1. The van der Waals surface area contributed by atoms with Gasteiger partial charge in [0, 0.05) is 6.20 Å². The average molecular weight is 202 g/mol. The smallest absolute Gasteiger partial charge is 0.147 e. The van der Waals surface area contributed by atoms with Crippen LogP contribution >= 0.6 is 0 Å². The van der Waals surface area contributed by atoms with Crippen LogP contribution in [0.15, 0.2) is 30.7 Å². The Morgan fingerprint density at radius 1 is 1.33 bits per heavy atom. The van der Waals surface area contributed by atoms with E-state index >= 15 is 0 Å². The van der Waals surface area contributed by atoms with Gasteiger partial charge in [0.25, 0.3) is 0 Å². The summed E-state index contributed by atoms with van der Waals surface area (Å²) >= 11 is 0. The molecular formula is C9H10N6. The molecule has 6 heteroatoms. The van der Waals surface area contributed by atoms with Crippen LogP contribution in [-0.2, 0) is 6.54 Å². The van der Waals surface area contributed by atoms with Crippen molar-refractivity contribution in [1.82, 2.24) is 20.2 Å². The zero-order chi connectivity index (χ0) is 10.5. The molecule has 2 aromatic heterocycles. The van der Waals surface area contributed by atoms with E-state index in [-0.39, 0.29) is 0 Å². The van der Waals surface area contributed by atoms with E-state index in [0.29, 0.717) is 18.2 Å². The molecule has 0 saturated heterocycles. The number of rotatable bonds is 3. The molecule has 15 heavy (non-hydrogen) atoms. The monoisotopic (exact) mass is 202 g/mol. The molecule has 2 heterocycles. The summed E-state index contributed by atoms with van der Waals surface area (Å²) in [6.07, 6.45) is 4.73. The van der Waals surface area contributed by atoms with Crippen LogP contribution in [0.1, 0.15) is 5.69 Å². The van der Waals surface area contributed by atoms with Gasteiger partial charge in [0.1, 0.15) is 11.6 Å². The third kappa shape index (κ3) is 2.60. The summed E-state index contributed by atoms with van der Waals surface area (Å²) in [5.41, 5.74) is 6.32. The Morgan fingerprint density at radius 3 is 3.00 bits per heavy atom. The number of nitrogens with two attached hydrogens (primary N) is 1. The molecule has 2 rings (SSSR count). The normalized spacial score (nSPS) is 9.87. The summed E-state index contributed by atoms with van der Waals surface area (Å²) in [4.78, 5) is 7.95. The van der Waals surface area contributed by atoms with E-state index in [1.165, 1.54) is 6.20 Å². The lowest BCUT2D eigenvalue weighted by atomic mass is 10.4. The number of aromatic nitrogens is 4. The van der Waals surface area contributed by atoms with Crippen LogP contribution in [0.2, 0.25) is 0 Å². The Labute approximate surface area is 86.6 Å². The molecule has 0 aromatic carbocycles. The molecule has 0 spiro atoms. The van der Waals surface area contributed by atoms with Crippen LogP contribution in [0.5, 0.6) is 0 Å². The molecule has 0 unspecified atom stereocenters. The minimum absolute atomic E-state index is 0.388. The van der Waals surface area contributed by atoms with E-state index in [0.717, 1.165) is 5.69 Å². The lowest BCUT2D eigenvalue weighted by Gasteiger charge is -2.03. The van der Waals surface area contributed by atoms with Crippen molar-refractivity contribution in [3.63, 3.8) is 0 Å². The average Bonchev–Trinajstić information content (AvgIpc) is 2.28. The van der Waals surface area contributed by atoms with Crippen molar-refractivity contribution < 1.29 is 0 Å². The van der Waals surface area contributed by atoms with E-state index in [1.54, 1.807) is 12.4 Å². The molecule has 0 aliphatic rings. The SMILES string of the molecule is Nc1cncc(NCc2cccnn2)n1. The second-order valence-corrected chi connectivity index (χ2v) is 2.90. The number of nitrogens with one attached hydrogen (secondary N) is 1. The Kier molecular flexibility index (Phi) is 2.68. The maximum atomic E-state index is 5.49. The first-order valence-corrected chi connectivity index (χ1v) is 4.42. The van der Waals surface area contributed by atoms with Gasteiger partial charge in [-0.05, 0) is 12.1 Å². The predicted octanol–water partition coefficient (Wildman–Crippen LogP) is 0.461. The van der Waals surface area contributed by atoms with Gasteiger partial charge in [0.05, 0.1) is 24.6 Å². The molecule has 76 valence electrons. The molecule has 0 bridgehead atoms. The predicted molar refractivity (Wildman–Crippen MR) is 55.8 cm³/mol. The third-order valence-corrected chi connectivity index (χ3v) is 1.73. The third-order valence-electron chi connectivity index (χ3n) is 1.73. The summed E-state index contributed by atoms with van der Waals surface area (Å²) < 4.78 is 0. The first kappa shape index (κ1) is 9.32. The standard InChI is InChI=1S/C9H10N6/c10-8-5-11-6-9(14-8)12-4-7-2-1-3-13-15-7/h1-3,5-6H,4H2,(H3,10,12,14). The van der Waals surface area contributed by atoms with E-state index in [9.17, 15) is 0 Å².